The summed E-state index contributed by atoms with van der Waals surface area (Å²) in [6, 6.07) is 7.71. The molecule has 19 heavy (non-hydrogen) atoms. The quantitative estimate of drug-likeness (QED) is 0.860. The van der Waals surface area contributed by atoms with Gasteiger partial charge in [0.15, 0.2) is 11.0 Å². The second-order valence-corrected chi connectivity index (χ2v) is 4.60. The van der Waals surface area contributed by atoms with Gasteiger partial charge in [-0.1, -0.05) is 23.7 Å². The summed E-state index contributed by atoms with van der Waals surface area (Å²) in [6.07, 6.45) is 0. The average molecular weight is 278 g/mol. The Kier molecular flexibility index (Phi) is 3.90. The maximum atomic E-state index is 6.19. The molecule has 0 amide bonds. The van der Waals surface area contributed by atoms with E-state index in [0.29, 0.717) is 11.0 Å². The first kappa shape index (κ1) is 13.6. The largest absolute Gasteiger partial charge is 0.495 e. The number of aromatic nitrogens is 2. The normalized spacial score (nSPS) is 10.4. The molecule has 4 nitrogen and oxygen atoms in total. The van der Waals surface area contributed by atoms with Gasteiger partial charge in [-0.2, -0.15) is 0 Å². The van der Waals surface area contributed by atoms with Crippen molar-refractivity contribution in [2.24, 2.45) is 0 Å². The summed E-state index contributed by atoms with van der Waals surface area (Å²) in [7, 11) is 3.53. The van der Waals surface area contributed by atoms with Crippen LogP contribution in [-0.4, -0.2) is 24.1 Å². The third-order valence-electron chi connectivity index (χ3n) is 3.01. The second-order valence-electron chi connectivity index (χ2n) is 4.24. The molecule has 0 N–H and O–H groups in total. The van der Waals surface area contributed by atoms with Gasteiger partial charge in [0.1, 0.15) is 5.75 Å². The molecule has 2 rings (SSSR count). The van der Waals surface area contributed by atoms with E-state index in [0.717, 1.165) is 22.8 Å². The zero-order chi connectivity index (χ0) is 14.0. The van der Waals surface area contributed by atoms with Gasteiger partial charge in [-0.05, 0) is 26.0 Å². The maximum Gasteiger partial charge on any atom is 0.172 e. The lowest BCUT2D eigenvalue weighted by molar-refractivity contribution is 0.415. The van der Waals surface area contributed by atoms with Crippen LogP contribution < -0.4 is 9.64 Å². The summed E-state index contributed by atoms with van der Waals surface area (Å²) in [5.41, 5.74) is 2.59. The first-order valence-corrected chi connectivity index (χ1v) is 6.30. The molecule has 1 heterocycles. The Labute approximate surface area is 118 Å². The minimum absolute atomic E-state index is 0.386. The molecule has 0 saturated heterocycles. The minimum atomic E-state index is 0.386. The van der Waals surface area contributed by atoms with Crippen molar-refractivity contribution in [3.8, 4) is 5.75 Å². The number of hydrogen-bond donors (Lipinski definition) is 0. The molecule has 0 unspecified atom stereocenters. The number of hydrogen-bond acceptors (Lipinski definition) is 4. The van der Waals surface area contributed by atoms with Crippen LogP contribution in [0.1, 0.15) is 11.4 Å². The molecule has 0 bridgehead atoms. The number of anilines is 2. The van der Waals surface area contributed by atoms with Crippen LogP contribution in [0, 0.1) is 13.8 Å². The standard InChI is InChI=1S/C14H16ClN3O/c1-9-10(2)17-14(13(15)16-9)18(3)11-7-5-6-8-12(11)19-4/h5-8H,1-4H3. The van der Waals surface area contributed by atoms with E-state index in [9.17, 15) is 0 Å². The Bertz CT molecular complexity index is 601. The molecule has 100 valence electrons. The van der Waals surface area contributed by atoms with Crippen LogP contribution >= 0.6 is 11.6 Å². The van der Waals surface area contributed by atoms with E-state index >= 15 is 0 Å². The van der Waals surface area contributed by atoms with Crippen molar-refractivity contribution >= 4 is 23.1 Å². The maximum absolute atomic E-state index is 6.19. The summed E-state index contributed by atoms with van der Waals surface area (Å²) in [5.74, 6) is 1.38. The van der Waals surface area contributed by atoms with E-state index in [1.165, 1.54) is 0 Å². The molecule has 0 aliphatic carbocycles. The van der Waals surface area contributed by atoms with Crippen molar-refractivity contribution in [3.63, 3.8) is 0 Å². The lowest BCUT2D eigenvalue weighted by Gasteiger charge is -2.22. The van der Waals surface area contributed by atoms with Crippen molar-refractivity contribution in [1.29, 1.82) is 0 Å². The van der Waals surface area contributed by atoms with E-state index in [2.05, 4.69) is 9.97 Å². The second kappa shape index (κ2) is 5.45. The Morgan fingerprint density at radius 3 is 2.42 bits per heavy atom. The van der Waals surface area contributed by atoms with Gasteiger partial charge in [0.2, 0.25) is 0 Å². The van der Waals surface area contributed by atoms with Crippen LogP contribution in [0.15, 0.2) is 24.3 Å². The highest BCUT2D eigenvalue weighted by Gasteiger charge is 2.15. The van der Waals surface area contributed by atoms with E-state index in [1.807, 2.05) is 50.1 Å². The first-order valence-electron chi connectivity index (χ1n) is 5.92. The predicted octanol–water partition coefficient (Wildman–Crippen LogP) is 3.52. The molecule has 0 radical (unpaired) electrons. The van der Waals surface area contributed by atoms with Crippen LogP contribution in [0.25, 0.3) is 0 Å². The number of ether oxygens (including phenoxy) is 1. The number of methoxy groups -OCH3 is 1. The van der Waals surface area contributed by atoms with Crippen molar-refractivity contribution < 1.29 is 4.74 Å². The Balaban J connectivity index is 2.50. The topological polar surface area (TPSA) is 38.2 Å². The molecule has 0 fully saturated rings. The van der Waals surface area contributed by atoms with Crippen LogP contribution in [0.4, 0.5) is 11.5 Å². The lowest BCUT2D eigenvalue weighted by Crippen LogP contribution is -2.14. The number of para-hydroxylation sites is 2. The van der Waals surface area contributed by atoms with E-state index < -0.39 is 0 Å². The van der Waals surface area contributed by atoms with Crippen LogP contribution in [0.5, 0.6) is 5.75 Å². The van der Waals surface area contributed by atoms with Gasteiger partial charge < -0.3 is 9.64 Å². The molecule has 0 atom stereocenters. The highest BCUT2D eigenvalue weighted by atomic mass is 35.5. The van der Waals surface area contributed by atoms with Crippen LogP contribution in [0.3, 0.4) is 0 Å². The number of nitrogens with zero attached hydrogens (tertiary/aromatic N) is 3. The van der Waals surface area contributed by atoms with Crippen molar-refractivity contribution in [1.82, 2.24) is 9.97 Å². The minimum Gasteiger partial charge on any atom is -0.495 e. The van der Waals surface area contributed by atoms with E-state index in [4.69, 9.17) is 16.3 Å². The molecule has 1 aromatic heterocycles. The van der Waals surface area contributed by atoms with Gasteiger partial charge in [0, 0.05) is 7.05 Å². The van der Waals surface area contributed by atoms with Crippen molar-refractivity contribution in [2.45, 2.75) is 13.8 Å². The molecule has 5 heteroatoms. The zero-order valence-electron chi connectivity index (χ0n) is 11.4. The average Bonchev–Trinajstić information content (AvgIpc) is 2.42. The third-order valence-corrected chi connectivity index (χ3v) is 3.27. The summed E-state index contributed by atoms with van der Waals surface area (Å²) in [6.45, 7) is 3.80. The summed E-state index contributed by atoms with van der Waals surface area (Å²) >= 11 is 6.19. The van der Waals surface area contributed by atoms with Gasteiger partial charge in [0.05, 0.1) is 24.2 Å². The number of benzene rings is 1. The highest BCUT2D eigenvalue weighted by Crippen LogP contribution is 2.34. The van der Waals surface area contributed by atoms with Gasteiger partial charge in [0.25, 0.3) is 0 Å². The number of aryl methyl sites for hydroxylation is 2. The molecule has 0 aliphatic heterocycles. The number of rotatable bonds is 3. The van der Waals surface area contributed by atoms with E-state index in [-0.39, 0.29) is 0 Å². The predicted molar refractivity (Wildman–Crippen MR) is 77.6 cm³/mol. The molecule has 1 aromatic carbocycles. The van der Waals surface area contributed by atoms with E-state index in [1.54, 1.807) is 7.11 Å². The lowest BCUT2D eigenvalue weighted by atomic mass is 10.2. The smallest absolute Gasteiger partial charge is 0.172 e. The van der Waals surface area contributed by atoms with Gasteiger partial charge in [-0.15, -0.1) is 0 Å². The van der Waals surface area contributed by atoms with Crippen molar-refractivity contribution in [2.75, 3.05) is 19.1 Å². The Hall–Kier alpha value is -1.81. The van der Waals surface area contributed by atoms with Gasteiger partial charge in [-0.25, -0.2) is 9.97 Å². The van der Waals surface area contributed by atoms with Crippen LogP contribution in [0.2, 0.25) is 5.15 Å². The van der Waals surface area contributed by atoms with Crippen molar-refractivity contribution in [3.05, 3.63) is 40.8 Å². The summed E-state index contributed by atoms with van der Waals surface area (Å²) < 4.78 is 5.35. The fraction of sp³-hybridized carbons (Fsp3) is 0.286. The Morgan fingerprint density at radius 2 is 1.74 bits per heavy atom. The Morgan fingerprint density at radius 1 is 1.11 bits per heavy atom. The first-order chi connectivity index (χ1) is 9.04. The third kappa shape index (κ3) is 2.63. The molecule has 0 spiro atoms. The molecule has 2 aromatic rings. The summed E-state index contributed by atoms with van der Waals surface area (Å²) in [4.78, 5) is 10.7. The molecule has 0 aliphatic rings. The van der Waals surface area contributed by atoms with Crippen LogP contribution in [-0.2, 0) is 0 Å². The molecule has 0 saturated carbocycles. The van der Waals surface area contributed by atoms with Gasteiger partial charge in [-0.3, -0.25) is 0 Å². The highest BCUT2D eigenvalue weighted by molar-refractivity contribution is 6.31. The number of halogens is 1. The summed E-state index contributed by atoms with van der Waals surface area (Å²) in [5, 5.41) is 0.386. The van der Waals surface area contributed by atoms with Gasteiger partial charge >= 0.3 is 0 Å². The molecular weight excluding hydrogens is 262 g/mol. The molecular formula is C14H16ClN3O. The zero-order valence-corrected chi connectivity index (χ0v) is 12.2. The monoisotopic (exact) mass is 277 g/mol. The fourth-order valence-corrected chi connectivity index (χ4v) is 2.09. The fourth-order valence-electron chi connectivity index (χ4n) is 1.80. The SMILES string of the molecule is COc1ccccc1N(C)c1nc(C)c(C)nc1Cl.